The van der Waals surface area contributed by atoms with Crippen LogP contribution in [-0.4, -0.2) is 24.7 Å². The monoisotopic (exact) mass is 277 g/mol. The normalized spacial score (nSPS) is 10.0. The van der Waals surface area contributed by atoms with E-state index in [0.29, 0.717) is 18.8 Å². The Morgan fingerprint density at radius 2 is 2.15 bits per heavy atom. The molecule has 20 heavy (non-hydrogen) atoms. The molecule has 6 heteroatoms. The first-order chi connectivity index (χ1) is 9.69. The minimum absolute atomic E-state index is 0.0741. The number of non-ortho nitro benzene ring substituents is 1. The molecule has 0 aliphatic rings. The number of nitrogens with zero attached hydrogens (tertiary/aromatic N) is 2. The van der Waals surface area contributed by atoms with Gasteiger partial charge in [0, 0.05) is 31.9 Å². The second-order valence-electron chi connectivity index (χ2n) is 4.35. The Bertz CT molecular complexity index is 483. The lowest BCUT2D eigenvalue weighted by Gasteiger charge is -2.08. The van der Waals surface area contributed by atoms with Crippen molar-refractivity contribution in [3.8, 4) is 6.07 Å². The van der Waals surface area contributed by atoms with Gasteiger partial charge in [0.05, 0.1) is 16.2 Å². The molecule has 0 saturated carbocycles. The van der Waals surface area contributed by atoms with E-state index in [1.165, 1.54) is 12.1 Å². The number of nitriles is 1. The molecule has 0 aliphatic heterocycles. The van der Waals surface area contributed by atoms with Crippen molar-refractivity contribution in [1.29, 1.82) is 5.26 Å². The number of nitrogens with one attached hydrogen (secondary N) is 1. The summed E-state index contributed by atoms with van der Waals surface area (Å²) in [5.74, 6) is 0. The molecule has 6 nitrogen and oxygen atoms in total. The maximum atomic E-state index is 10.6. The molecule has 0 saturated heterocycles. The molecule has 0 fully saturated rings. The number of hydrogen-bond acceptors (Lipinski definition) is 5. The number of benzene rings is 1. The summed E-state index contributed by atoms with van der Waals surface area (Å²) >= 11 is 0. The van der Waals surface area contributed by atoms with Crippen LogP contribution in [0.4, 0.5) is 11.4 Å². The zero-order valence-corrected chi connectivity index (χ0v) is 11.6. The second-order valence-corrected chi connectivity index (χ2v) is 4.35. The highest BCUT2D eigenvalue weighted by molar-refractivity contribution is 5.61. The zero-order valence-electron chi connectivity index (χ0n) is 11.6. The van der Waals surface area contributed by atoms with E-state index >= 15 is 0 Å². The highest BCUT2D eigenvalue weighted by Crippen LogP contribution is 2.21. The molecular formula is C14H19N3O3. The summed E-state index contributed by atoms with van der Waals surface area (Å²) in [4.78, 5) is 10.1. The van der Waals surface area contributed by atoms with Crippen molar-refractivity contribution in [3.05, 3.63) is 33.9 Å². The Hall–Kier alpha value is -2.13. The Labute approximate surface area is 118 Å². The van der Waals surface area contributed by atoms with Crippen molar-refractivity contribution in [1.82, 2.24) is 0 Å². The summed E-state index contributed by atoms with van der Waals surface area (Å²) in [5, 5.41) is 22.7. The van der Waals surface area contributed by atoms with Crippen LogP contribution in [0.1, 0.15) is 31.7 Å². The number of hydrogen-bond donors (Lipinski definition) is 1. The van der Waals surface area contributed by atoms with Gasteiger partial charge in [-0.15, -0.1) is 0 Å². The van der Waals surface area contributed by atoms with Gasteiger partial charge < -0.3 is 10.1 Å². The van der Waals surface area contributed by atoms with Gasteiger partial charge in [-0.3, -0.25) is 10.1 Å². The summed E-state index contributed by atoms with van der Waals surface area (Å²) in [6.07, 6.45) is 3.01. The third-order valence-electron chi connectivity index (χ3n) is 2.76. The lowest BCUT2D eigenvalue weighted by atomic mass is 10.1. The van der Waals surface area contributed by atoms with Gasteiger partial charge in [-0.05, 0) is 18.9 Å². The van der Waals surface area contributed by atoms with Crippen molar-refractivity contribution < 1.29 is 9.66 Å². The first-order valence-corrected chi connectivity index (χ1v) is 6.69. The number of nitro benzene ring substituents is 1. The fourth-order valence-electron chi connectivity index (χ4n) is 1.64. The summed E-state index contributed by atoms with van der Waals surface area (Å²) < 4.78 is 5.42. The summed E-state index contributed by atoms with van der Waals surface area (Å²) in [6, 6.07) is 6.19. The molecule has 108 valence electrons. The largest absolute Gasteiger partial charge is 0.384 e. The van der Waals surface area contributed by atoms with E-state index in [0.717, 1.165) is 25.9 Å². The average molecular weight is 277 g/mol. The van der Waals surface area contributed by atoms with Gasteiger partial charge >= 0.3 is 0 Å². The number of anilines is 1. The van der Waals surface area contributed by atoms with E-state index in [1.807, 2.05) is 6.07 Å². The predicted molar refractivity (Wildman–Crippen MR) is 76.6 cm³/mol. The van der Waals surface area contributed by atoms with Gasteiger partial charge in [0.15, 0.2) is 0 Å². The molecule has 0 heterocycles. The highest BCUT2D eigenvalue weighted by Gasteiger charge is 2.09. The van der Waals surface area contributed by atoms with Gasteiger partial charge in [-0.1, -0.05) is 13.3 Å². The number of unbranched alkanes of at least 4 members (excludes halogenated alkanes) is 1. The quantitative estimate of drug-likeness (QED) is 0.425. The van der Waals surface area contributed by atoms with E-state index < -0.39 is 4.92 Å². The van der Waals surface area contributed by atoms with Crippen LogP contribution < -0.4 is 5.32 Å². The molecule has 0 aromatic heterocycles. The molecule has 0 atom stereocenters. The van der Waals surface area contributed by atoms with Crippen LogP contribution in [0.2, 0.25) is 0 Å². The summed E-state index contributed by atoms with van der Waals surface area (Å²) in [6.45, 7) is 4.22. The molecule has 0 aliphatic carbocycles. The fourth-order valence-corrected chi connectivity index (χ4v) is 1.64. The molecule has 0 amide bonds. The Morgan fingerprint density at radius 3 is 2.80 bits per heavy atom. The summed E-state index contributed by atoms with van der Waals surface area (Å²) in [7, 11) is 0. The molecule has 0 unspecified atom stereocenters. The van der Waals surface area contributed by atoms with Gasteiger partial charge in [0.2, 0.25) is 0 Å². The van der Waals surface area contributed by atoms with Crippen molar-refractivity contribution in [3.63, 3.8) is 0 Å². The lowest BCUT2D eigenvalue weighted by molar-refractivity contribution is -0.384. The molecular weight excluding hydrogens is 258 g/mol. The molecule has 0 bridgehead atoms. The summed E-state index contributed by atoms with van der Waals surface area (Å²) in [5.41, 5.74) is 0.827. The molecule has 1 aromatic rings. The van der Waals surface area contributed by atoms with Crippen LogP contribution in [-0.2, 0) is 4.74 Å². The number of rotatable bonds is 9. The molecule has 1 rings (SSSR count). The van der Waals surface area contributed by atoms with E-state index in [4.69, 9.17) is 10.00 Å². The van der Waals surface area contributed by atoms with Crippen LogP contribution in [0.5, 0.6) is 0 Å². The van der Waals surface area contributed by atoms with Gasteiger partial charge in [0.1, 0.15) is 6.07 Å². The van der Waals surface area contributed by atoms with E-state index in [-0.39, 0.29) is 11.3 Å². The Balaban J connectivity index is 2.40. The highest BCUT2D eigenvalue weighted by atomic mass is 16.6. The molecule has 0 spiro atoms. The maximum Gasteiger partial charge on any atom is 0.270 e. The minimum atomic E-state index is -0.508. The van der Waals surface area contributed by atoms with Crippen LogP contribution in [0.25, 0.3) is 0 Å². The van der Waals surface area contributed by atoms with Crippen molar-refractivity contribution >= 4 is 11.4 Å². The maximum absolute atomic E-state index is 10.6. The van der Waals surface area contributed by atoms with Crippen LogP contribution >= 0.6 is 0 Å². The van der Waals surface area contributed by atoms with E-state index in [2.05, 4.69) is 12.2 Å². The zero-order chi connectivity index (χ0) is 14.8. The van der Waals surface area contributed by atoms with Gasteiger partial charge in [-0.2, -0.15) is 5.26 Å². The predicted octanol–water partition coefficient (Wildman–Crippen LogP) is 3.09. The number of ether oxygens (including phenoxy) is 1. The smallest absolute Gasteiger partial charge is 0.270 e. The number of nitro groups is 1. The van der Waals surface area contributed by atoms with Crippen molar-refractivity contribution in [2.24, 2.45) is 0 Å². The van der Waals surface area contributed by atoms with Crippen LogP contribution in [0, 0.1) is 21.4 Å². The minimum Gasteiger partial charge on any atom is -0.384 e. The standard InChI is InChI=1S/C14H19N3O3/c1-2-3-8-20-9-4-7-16-14-6-5-13(17(18)19)10-12(14)11-15/h5-6,10,16H,2-4,7-9H2,1H3. The Morgan fingerprint density at radius 1 is 1.40 bits per heavy atom. The third-order valence-corrected chi connectivity index (χ3v) is 2.76. The van der Waals surface area contributed by atoms with Crippen LogP contribution in [0.15, 0.2) is 18.2 Å². The van der Waals surface area contributed by atoms with Gasteiger partial charge in [0.25, 0.3) is 5.69 Å². The second kappa shape index (κ2) is 8.88. The fraction of sp³-hybridized carbons (Fsp3) is 0.500. The molecule has 0 radical (unpaired) electrons. The lowest BCUT2D eigenvalue weighted by Crippen LogP contribution is -2.07. The molecule has 1 aromatic carbocycles. The topological polar surface area (TPSA) is 88.2 Å². The van der Waals surface area contributed by atoms with E-state index in [9.17, 15) is 10.1 Å². The average Bonchev–Trinajstić information content (AvgIpc) is 2.46. The Kier molecular flexibility index (Phi) is 7.07. The SMILES string of the molecule is CCCCOCCCNc1ccc([N+](=O)[O-])cc1C#N. The first kappa shape index (κ1) is 15.9. The molecule has 1 N–H and O–H groups in total. The van der Waals surface area contributed by atoms with Crippen molar-refractivity contribution in [2.75, 3.05) is 25.1 Å². The third kappa shape index (κ3) is 5.24. The van der Waals surface area contributed by atoms with Gasteiger partial charge in [-0.25, -0.2) is 0 Å². The van der Waals surface area contributed by atoms with E-state index in [1.54, 1.807) is 6.07 Å². The van der Waals surface area contributed by atoms with Crippen LogP contribution in [0.3, 0.4) is 0 Å². The first-order valence-electron chi connectivity index (χ1n) is 6.69. The van der Waals surface area contributed by atoms with Crippen molar-refractivity contribution in [2.45, 2.75) is 26.2 Å².